The van der Waals surface area contributed by atoms with Gasteiger partial charge in [-0.05, 0) is 55.9 Å². The van der Waals surface area contributed by atoms with E-state index in [1.54, 1.807) is 0 Å². The van der Waals surface area contributed by atoms with E-state index in [-0.39, 0.29) is 5.91 Å². The number of amides is 1. The van der Waals surface area contributed by atoms with Crippen LogP contribution in [-0.2, 0) is 4.79 Å². The van der Waals surface area contributed by atoms with Crippen molar-refractivity contribution in [3.63, 3.8) is 0 Å². The Kier molecular flexibility index (Phi) is 4.88. The second-order valence-electron chi connectivity index (χ2n) is 7.53. The van der Waals surface area contributed by atoms with Gasteiger partial charge in [0.2, 0.25) is 5.91 Å². The van der Waals surface area contributed by atoms with Crippen molar-refractivity contribution in [1.82, 2.24) is 10.6 Å². The van der Waals surface area contributed by atoms with Gasteiger partial charge in [0.25, 0.3) is 0 Å². The summed E-state index contributed by atoms with van der Waals surface area (Å²) >= 11 is 0. The molecule has 0 aromatic carbocycles. The Bertz CT molecular complexity index is 290. The average molecular weight is 266 g/mol. The third-order valence-electron chi connectivity index (χ3n) is 5.03. The average Bonchev–Trinajstić information content (AvgIpc) is 2.37. The monoisotopic (exact) mass is 266 g/mol. The minimum absolute atomic E-state index is 0.212. The van der Waals surface area contributed by atoms with Crippen LogP contribution in [0.15, 0.2) is 0 Å². The first-order chi connectivity index (χ1) is 8.95. The van der Waals surface area contributed by atoms with Gasteiger partial charge in [-0.15, -0.1) is 0 Å². The number of carbonyl (C=O) groups excluding carboxylic acids is 1. The van der Waals surface area contributed by atoms with Crippen molar-refractivity contribution in [2.45, 2.75) is 65.3 Å². The highest BCUT2D eigenvalue weighted by Gasteiger charge is 2.29. The third-order valence-corrected chi connectivity index (χ3v) is 5.03. The van der Waals surface area contributed by atoms with E-state index in [1.807, 2.05) is 0 Å². The fourth-order valence-electron chi connectivity index (χ4n) is 3.47. The first-order valence-corrected chi connectivity index (χ1v) is 7.95. The predicted molar refractivity (Wildman–Crippen MR) is 78.9 cm³/mol. The van der Waals surface area contributed by atoms with Gasteiger partial charge in [0.15, 0.2) is 0 Å². The van der Waals surface area contributed by atoms with E-state index in [0.29, 0.717) is 17.9 Å². The molecular formula is C16H30N2O. The number of nitrogens with one attached hydrogen (secondary N) is 2. The minimum Gasteiger partial charge on any atom is -0.355 e. The molecule has 2 N–H and O–H groups in total. The third kappa shape index (κ3) is 4.48. The van der Waals surface area contributed by atoms with Crippen molar-refractivity contribution in [3.05, 3.63) is 0 Å². The maximum Gasteiger partial charge on any atom is 0.220 e. The highest BCUT2D eigenvalue weighted by atomic mass is 16.1. The summed E-state index contributed by atoms with van der Waals surface area (Å²) in [7, 11) is 0. The van der Waals surface area contributed by atoms with Gasteiger partial charge in [-0.2, -0.15) is 0 Å². The summed E-state index contributed by atoms with van der Waals surface area (Å²) in [5, 5.41) is 6.60. The van der Waals surface area contributed by atoms with E-state index in [0.717, 1.165) is 31.3 Å². The lowest BCUT2D eigenvalue weighted by atomic mass is 9.70. The van der Waals surface area contributed by atoms with Gasteiger partial charge in [0, 0.05) is 19.0 Å². The standard InChI is InChI=1S/C16H30N2O/c1-16(2,3)13-6-4-12(5-7-13)10-17-14-8-9-15(19)18-11-14/h12-14,17H,4-11H2,1-3H3,(H,18,19). The summed E-state index contributed by atoms with van der Waals surface area (Å²) in [5.74, 6) is 1.96. The molecule has 2 aliphatic rings. The molecule has 19 heavy (non-hydrogen) atoms. The van der Waals surface area contributed by atoms with Gasteiger partial charge in [-0.1, -0.05) is 20.8 Å². The molecule has 1 amide bonds. The normalized spacial score (nSPS) is 33.0. The Hall–Kier alpha value is -0.570. The molecule has 2 fully saturated rings. The molecule has 1 unspecified atom stereocenters. The maximum absolute atomic E-state index is 11.1. The summed E-state index contributed by atoms with van der Waals surface area (Å²) in [5.41, 5.74) is 0.478. The molecular weight excluding hydrogens is 236 g/mol. The zero-order valence-electron chi connectivity index (χ0n) is 12.8. The Balaban J connectivity index is 1.65. The Morgan fingerprint density at radius 1 is 1.16 bits per heavy atom. The van der Waals surface area contributed by atoms with Crippen molar-refractivity contribution in [3.8, 4) is 0 Å². The highest BCUT2D eigenvalue weighted by molar-refractivity contribution is 5.76. The second kappa shape index (κ2) is 6.25. The van der Waals surface area contributed by atoms with E-state index < -0.39 is 0 Å². The van der Waals surface area contributed by atoms with Crippen LogP contribution >= 0.6 is 0 Å². The maximum atomic E-state index is 11.1. The summed E-state index contributed by atoms with van der Waals surface area (Å²) < 4.78 is 0. The molecule has 0 radical (unpaired) electrons. The summed E-state index contributed by atoms with van der Waals surface area (Å²) in [6.07, 6.45) is 7.20. The molecule has 3 heteroatoms. The molecule has 0 aromatic heterocycles. The van der Waals surface area contributed by atoms with Crippen LogP contribution in [0.4, 0.5) is 0 Å². The van der Waals surface area contributed by atoms with Crippen molar-refractivity contribution in [1.29, 1.82) is 0 Å². The Morgan fingerprint density at radius 3 is 2.37 bits per heavy atom. The van der Waals surface area contributed by atoms with Gasteiger partial charge < -0.3 is 10.6 Å². The van der Waals surface area contributed by atoms with Crippen LogP contribution in [0.1, 0.15) is 59.3 Å². The Labute approximate surface area is 117 Å². The molecule has 1 aliphatic heterocycles. The van der Waals surface area contributed by atoms with Crippen molar-refractivity contribution in [2.75, 3.05) is 13.1 Å². The Morgan fingerprint density at radius 2 is 1.84 bits per heavy atom. The van der Waals surface area contributed by atoms with Gasteiger partial charge >= 0.3 is 0 Å². The van der Waals surface area contributed by atoms with E-state index in [9.17, 15) is 4.79 Å². The molecule has 3 nitrogen and oxygen atoms in total. The van der Waals surface area contributed by atoms with E-state index in [4.69, 9.17) is 0 Å². The van der Waals surface area contributed by atoms with Crippen LogP contribution in [0.2, 0.25) is 0 Å². The summed E-state index contributed by atoms with van der Waals surface area (Å²) in [6.45, 7) is 9.08. The first-order valence-electron chi connectivity index (χ1n) is 7.95. The summed E-state index contributed by atoms with van der Waals surface area (Å²) in [6, 6.07) is 0.498. The van der Waals surface area contributed by atoms with Crippen LogP contribution in [0.3, 0.4) is 0 Å². The van der Waals surface area contributed by atoms with Gasteiger partial charge in [0.05, 0.1) is 0 Å². The number of rotatable bonds is 3. The summed E-state index contributed by atoms with van der Waals surface area (Å²) in [4.78, 5) is 11.1. The molecule has 1 atom stereocenters. The van der Waals surface area contributed by atoms with Gasteiger partial charge in [0.1, 0.15) is 0 Å². The van der Waals surface area contributed by atoms with Crippen LogP contribution in [0.25, 0.3) is 0 Å². The minimum atomic E-state index is 0.212. The van der Waals surface area contributed by atoms with Crippen molar-refractivity contribution in [2.24, 2.45) is 17.3 Å². The molecule has 0 spiro atoms. The lowest BCUT2D eigenvalue weighted by molar-refractivity contribution is -0.122. The zero-order valence-corrected chi connectivity index (χ0v) is 12.8. The molecule has 1 aliphatic carbocycles. The number of hydrogen-bond acceptors (Lipinski definition) is 2. The SMILES string of the molecule is CC(C)(C)C1CCC(CNC2CCC(=O)NC2)CC1. The van der Waals surface area contributed by atoms with Gasteiger partial charge in [-0.3, -0.25) is 4.79 Å². The van der Waals surface area contributed by atoms with Crippen molar-refractivity contribution >= 4 is 5.91 Å². The molecule has 1 saturated carbocycles. The van der Waals surface area contributed by atoms with Crippen molar-refractivity contribution < 1.29 is 4.79 Å². The largest absolute Gasteiger partial charge is 0.355 e. The molecule has 1 saturated heterocycles. The fraction of sp³-hybridized carbons (Fsp3) is 0.938. The van der Waals surface area contributed by atoms with Crippen LogP contribution in [-0.4, -0.2) is 25.0 Å². The van der Waals surface area contributed by atoms with Gasteiger partial charge in [-0.25, -0.2) is 0 Å². The second-order valence-corrected chi connectivity index (χ2v) is 7.53. The molecule has 1 heterocycles. The predicted octanol–water partition coefficient (Wildman–Crippen LogP) is 2.71. The molecule has 0 aromatic rings. The van der Waals surface area contributed by atoms with Crippen LogP contribution < -0.4 is 10.6 Å². The molecule has 0 bridgehead atoms. The highest BCUT2D eigenvalue weighted by Crippen LogP contribution is 2.39. The van der Waals surface area contributed by atoms with E-state index in [1.165, 1.54) is 25.7 Å². The first kappa shape index (κ1) is 14.8. The topological polar surface area (TPSA) is 41.1 Å². The number of piperidine rings is 1. The quantitative estimate of drug-likeness (QED) is 0.824. The fourth-order valence-corrected chi connectivity index (χ4v) is 3.47. The van der Waals surface area contributed by atoms with E-state index >= 15 is 0 Å². The lowest BCUT2D eigenvalue weighted by Crippen LogP contribution is -2.47. The molecule has 110 valence electrons. The van der Waals surface area contributed by atoms with E-state index in [2.05, 4.69) is 31.4 Å². The van der Waals surface area contributed by atoms with Crippen LogP contribution in [0, 0.1) is 17.3 Å². The number of carbonyl (C=O) groups is 1. The number of hydrogen-bond donors (Lipinski definition) is 2. The molecule has 2 rings (SSSR count). The van der Waals surface area contributed by atoms with Crippen LogP contribution in [0.5, 0.6) is 0 Å². The smallest absolute Gasteiger partial charge is 0.220 e. The lowest BCUT2D eigenvalue weighted by Gasteiger charge is -2.37. The zero-order chi connectivity index (χ0) is 13.9.